The Labute approximate surface area is 134 Å². The number of aromatic nitrogens is 1. The molecule has 1 aromatic heterocycles. The van der Waals surface area contributed by atoms with E-state index >= 15 is 0 Å². The van der Waals surface area contributed by atoms with Gasteiger partial charge in [-0.1, -0.05) is 24.3 Å². The summed E-state index contributed by atoms with van der Waals surface area (Å²) in [7, 11) is 1.48. The van der Waals surface area contributed by atoms with Crippen LogP contribution < -0.4 is 22.3 Å². The molecule has 5 nitrogen and oxygen atoms in total. The van der Waals surface area contributed by atoms with Gasteiger partial charge in [-0.3, -0.25) is 14.5 Å². The van der Waals surface area contributed by atoms with E-state index in [2.05, 4.69) is 5.32 Å². The molecule has 1 aromatic carbocycles. The molecule has 2 aromatic rings. The lowest BCUT2D eigenvalue weighted by atomic mass is 10.3. The molecule has 0 atom stereocenters. The topological polar surface area (TPSA) is 53.3 Å². The standard InChI is InChI=1S/C16H13N3O2.ClH/c1-18-15(20)13(17-12-8-4-2-5-9-12)14(16(18)21)19-10-6-3-7-11-19;/h2-11H,1H3;1H. The van der Waals surface area contributed by atoms with Crippen LogP contribution in [0, 0.1) is 0 Å². The lowest BCUT2D eigenvalue weighted by Gasteiger charge is -2.06. The van der Waals surface area contributed by atoms with Gasteiger partial charge in [0.15, 0.2) is 18.1 Å². The Morgan fingerprint density at radius 3 is 2.14 bits per heavy atom. The van der Waals surface area contributed by atoms with E-state index in [4.69, 9.17) is 0 Å². The van der Waals surface area contributed by atoms with E-state index in [1.165, 1.54) is 7.05 Å². The number of benzene rings is 1. The van der Waals surface area contributed by atoms with Gasteiger partial charge >= 0.3 is 11.6 Å². The van der Waals surface area contributed by atoms with Crippen molar-refractivity contribution in [1.82, 2.24) is 4.90 Å². The monoisotopic (exact) mass is 315 g/mol. The van der Waals surface area contributed by atoms with Gasteiger partial charge in [-0.2, -0.15) is 4.57 Å². The van der Waals surface area contributed by atoms with Crippen LogP contribution >= 0.6 is 0 Å². The molecule has 0 saturated heterocycles. The molecule has 1 N–H and O–H groups in total. The summed E-state index contributed by atoms with van der Waals surface area (Å²) in [5, 5.41) is 3.05. The highest BCUT2D eigenvalue weighted by molar-refractivity contribution is 6.30. The minimum absolute atomic E-state index is 0. The molecule has 0 spiro atoms. The van der Waals surface area contributed by atoms with E-state index < -0.39 is 0 Å². The number of hydrogen-bond acceptors (Lipinski definition) is 3. The summed E-state index contributed by atoms with van der Waals surface area (Å²) in [4.78, 5) is 25.7. The fourth-order valence-electron chi connectivity index (χ4n) is 2.19. The van der Waals surface area contributed by atoms with Gasteiger partial charge in [0, 0.05) is 24.9 Å². The highest BCUT2D eigenvalue weighted by atomic mass is 35.5. The zero-order valence-corrected chi connectivity index (χ0v) is 12.6. The molecule has 3 rings (SSSR count). The average Bonchev–Trinajstić information content (AvgIpc) is 2.74. The predicted octanol–water partition coefficient (Wildman–Crippen LogP) is -1.74. The first-order valence-corrected chi connectivity index (χ1v) is 6.54. The van der Waals surface area contributed by atoms with Gasteiger partial charge in [0.2, 0.25) is 0 Å². The Morgan fingerprint density at radius 2 is 1.50 bits per heavy atom. The highest BCUT2D eigenvalue weighted by Crippen LogP contribution is 2.21. The van der Waals surface area contributed by atoms with Crippen LogP contribution in [0.5, 0.6) is 0 Å². The molecule has 0 radical (unpaired) electrons. The zero-order chi connectivity index (χ0) is 14.8. The van der Waals surface area contributed by atoms with E-state index in [-0.39, 0.29) is 29.9 Å². The summed E-state index contributed by atoms with van der Waals surface area (Å²) in [5.74, 6) is -0.662. The summed E-state index contributed by atoms with van der Waals surface area (Å²) >= 11 is 0. The largest absolute Gasteiger partial charge is 1.00 e. The van der Waals surface area contributed by atoms with E-state index in [1.807, 2.05) is 48.5 Å². The summed E-state index contributed by atoms with van der Waals surface area (Å²) in [6.07, 6.45) is 3.48. The minimum atomic E-state index is -0.338. The molecule has 2 heterocycles. The molecule has 0 aliphatic carbocycles. The zero-order valence-electron chi connectivity index (χ0n) is 11.9. The molecular formula is C16H14ClN3O2. The molecule has 0 bridgehead atoms. The number of nitrogens with one attached hydrogen (secondary N) is 1. The van der Waals surface area contributed by atoms with Crippen molar-refractivity contribution in [1.29, 1.82) is 0 Å². The number of carbonyl (C=O) groups excluding carboxylic acids is 2. The lowest BCUT2D eigenvalue weighted by molar-refractivity contribution is -0.577. The van der Waals surface area contributed by atoms with Crippen molar-refractivity contribution in [2.45, 2.75) is 0 Å². The predicted molar refractivity (Wildman–Crippen MR) is 77.7 cm³/mol. The Kier molecular flexibility index (Phi) is 4.58. The van der Waals surface area contributed by atoms with Crippen LogP contribution in [0.1, 0.15) is 0 Å². The second-order valence-corrected chi connectivity index (χ2v) is 4.67. The number of halogens is 1. The third kappa shape index (κ3) is 2.71. The van der Waals surface area contributed by atoms with E-state index in [1.54, 1.807) is 17.0 Å². The van der Waals surface area contributed by atoms with Crippen LogP contribution in [-0.4, -0.2) is 23.8 Å². The van der Waals surface area contributed by atoms with E-state index in [9.17, 15) is 9.59 Å². The number of rotatable bonds is 3. The highest BCUT2D eigenvalue weighted by Gasteiger charge is 2.42. The smallest absolute Gasteiger partial charge is 0.328 e. The van der Waals surface area contributed by atoms with E-state index in [0.717, 1.165) is 10.6 Å². The van der Waals surface area contributed by atoms with Gasteiger partial charge in [0.25, 0.3) is 5.91 Å². The Balaban J connectivity index is 0.00000176. The molecule has 22 heavy (non-hydrogen) atoms. The van der Waals surface area contributed by atoms with E-state index in [0.29, 0.717) is 5.70 Å². The van der Waals surface area contributed by atoms with Crippen LogP contribution in [-0.2, 0) is 9.59 Å². The Hall–Kier alpha value is -2.66. The molecule has 1 aliphatic rings. The molecule has 2 amide bonds. The molecule has 0 unspecified atom stereocenters. The fraction of sp³-hybridized carbons (Fsp3) is 0.0625. The first kappa shape index (κ1) is 15.7. The third-order valence-electron chi connectivity index (χ3n) is 3.28. The van der Waals surface area contributed by atoms with Crippen molar-refractivity contribution < 1.29 is 26.6 Å². The van der Waals surface area contributed by atoms with Crippen LogP contribution in [0.3, 0.4) is 0 Å². The normalized spacial score (nSPS) is 14.1. The maximum Gasteiger partial charge on any atom is 0.328 e. The lowest BCUT2D eigenvalue weighted by Crippen LogP contribution is -3.00. The van der Waals surface area contributed by atoms with Crippen LogP contribution in [0.2, 0.25) is 0 Å². The number of anilines is 1. The van der Waals surface area contributed by atoms with Crippen molar-refractivity contribution in [3.05, 3.63) is 66.6 Å². The Bertz CT molecular complexity index is 730. The number of hydrogen-bond donors (Lipinski definition) is 1. The maximum absolute atomic E-state index is 12.3. The molecule has 0 saturated carbocycles. The number of imide groups is 1. The maximum atomic E-state index is 12.3. The van der Waals surface area contributed by atoms with Crippen molar-refractivity contribution in [3.8, 4) is 0 Å². The number of carbonyl (C=O) groups is 2. The van der Waals surface area contributed by atoms with Gasteiger partial charge in [0.1, 0.15) is 0 Å². The van der Waals surface area contributed by atoms with Gasteiger partial charge in [-0.05, 0) is 12.1 Å². The van der Waals surface area contributed by atoms with Gasteiger partial charge in [0.05, 0.1) is 0 Å². The van der Waals surface area contributed by atoms with Crippen LogP contribution in [0.4, 0.5) is 5.69 Å². The summed E-state index contributed by atoms with van der Waals surface area (Å²) < 4.78 is 1.65. The number of likely N-dealkylation sites (N-methyl/N-ethyl adjacent to an activating group) is 1. The van der Waals surface area contributed by atoms with Crippen LogP contribution in [0.15, 0.2) is 66.6 Å². The first-order chi connectivity index (χ1) is 10.2. The van der Waals surface area contributed by atoms with Gasteiger partial charge < -0.3 is 17.7 Å². The second kappa shape index (κ2) is 6.41. The molecular weight excluding hydrogens is 302 g/mol. The third-order valence-corrected chi connectivity index (χ3v) is 3.28. The first-order valence-electron chi connectivity index (χ1n) is 6.54. The summed E-state index contributed by atoms with van der Waals surface area (Å²) in [6, 6.07) is 14.8. The number of amides is 2. The van der Waals surface area contributed by atoms with Gasteiger partial charge in [-0.15, -0.1) is 0 Å². The average molecular weight is 316 g/mol. The van der Waals surface area contributed by atoms with Crippen LogP contribution in [0.25, 0.3) is 5.70 Å². The SMILES string of the molecule is CN1C(=O)C(Nc2ccccc2)=C([n+]2ccccc2)C1=O.[Cl-]. The molecule has 112 valence electrons. The van der Waals surface area contributed by atoms with Crippen molar-refractivity contribution >= 4 is 23.2 Å². The fourth-order valence-corrected chi connectivity index (χ4v) is 2.19. The van der Waals surface area contributed by atoms with Crippen molar-refractivity contribution in [2.75, 3.05) is 12.4 Å². The summed E-state index contributed by atoms with van der Waals surface area (Å²) in [5.41, 5.74) is 1.37. The molecule has 1 aliphatic heterocycles. The Morgan fingerprint density at radius 1 is 0.909 bits per heavy atom. The number of nitrogens with zero attached hydrogens (tertiary/aromatic N) is 2. The second-order valence-electron chi connectivity index (χ2n) is 4.67. The van der Waals surface area contributed by atoms with Gasteiger partial charge in [-0.25, -0.2) is 0 Å². The van der Waals surface area contributed by atoms with Crippen molar-refractivity contribution in [3.63, 3.8) is 0 Å². The number of pyridine rings is 1. The molecule has 6 heteroatoms. The summed E-state index contributed by atoms with van der Waals surface area (Å²) in [6.45, 7) is 0. The number of para-hydroxylation sites is 1. The minimum Gasteiger partial charge on any atom is -1.00 e. The molecule has 0 fully saturated rings. The quantitative estimate of drug-likeness (QED) is 0.540. The van der Waals surface area contributed by atoms with Crippen molar-refractivity contribution in [2.24, 2.45) is 0 Å².